The van der Waals surface area contributed by atoms with Gasteiger partial charge < -0.3 is 15.8 Å². The maximum atomic E-state index is 5.54. The molecule has 1 rings (SSSR count). The second kappa shape index (κ2) is 5.39. The van der Waals surface area contributed by atoms with Gasteiger partial charge in [-0.2, -0.15) is 0 Å². The number of anilines is 1. The molecule has 1 unspecified atom stereocenters. The zero-order valence-corrected chi connectivity index (χ0v) is 8.53. The Morgan fingerprint density at radius 2 is 2.14 bits per heavy atom. The van der Waals surface area contributed by atoms with Crippen LogP contribution in [0.25, 0.3) is 0 Å². The van der Waals surface area contributed by atoms with Gasteiger partial charge >= 0.3 is 0 Å². The van der Waals surface area contributed by atoms with E-state index >= 15 is 0 Å². The summed E-state index contributed by atoms with van der Waals surface area (Å²) in [5.41, 5.74) is 5.54. The average Bonchev–Trinajstić information content (AvgIpc) is 2.26. The molecule has 1 atom stereocenters. The minimum absolute atomic E-state index is 0.225. The summed E-state index contributed by atoms with van der Waals surface area (Å²) in [6.45, 7) is 2.64. The van der Waals surface area contributed by atoms with Crippen molar-refractivity contribution >= 4 is 5.95 Å². The van der Waals surface area contributed by atoms with Gasteiger partial charge in [-0.3, -0.25) is 0 Å². The molecule has 0 fully saturated rings. The average molecular weight is 196 g/mol. The first kappa shape index (κ1) is 10.7. The third kappa shape index (κ3) is 2.85. The Kier molecular flexibility index (Phi) is 4.12. The van der Waals surface area contributed by atoms with Crippen molar-refractivity contribution in [3.63, 3.8) is 0 Å². The number of methoxy groups -OCH3 is 1. The van der Waals surface area contributed by atoms with Crippen LogP contribution in [0.3, 0.4) is 0 Å². The molecule has 0 saturated heterocycles. The Morgan fingerprint density at radius 3 is 2.57 bits per heavy atom. The molecular formula is C9H16N4O. The number of aromatic nitrogens is 2. The van der Waals surface area contributed by atoms with Crippen LogP contribution in [-0.4, -0.2) is 29.7 Å². The Hall–Kier alpha value is -1.36. The second-order valence-corrected chi connectivity index (χ2v) is 2.93. The minimum Gasteiger partial charge on any atom is -0.494 e. The lowest BCUT2D eigenvalue weighted by Gasteiger charge is -2.13. The summed E-state index contributed by atoms with van der Waals surface area (Å²) < 4.78 is 4.95. The van der Waals surface area contributed by atoms with E-state index in [-0.39, 0.29) is 6.04 Å². The van der Waals surface area contributed by atoms with Crippen LogP contribution in [-0.2, 0) is 0 Å². The van der Waals surface area contributed by atoms with E-state index < -0.39 is 0 Å². The van der Waals surface area contributed by atoms with Crippen molar-refractivity contribution in [1.29, 1.82) is 0 Å². The van der Waals surface area contributed by atoms with Crippen LogP contribution in [0.4, 0.5) is 5.95 Å². The smallest absolute Gasteiger partial charge is 0.223 e. The summed E-state index contributed by atoms with van der Waals surface area (Å²) in [4.78, 5) is 8.16. The molecule has 1 aromatic heterocycles. The molecule has 0 aromatic carbocycles. The number of nitrogens with two attached hydrogens (primary N) is 1. The Bertz CT molecular complexity index is 258. The van der Waals surface area contributed by atoms with Crippen molar-refractivity contribution in [2.24, 2.45) is 5.73 Å². The second-order valence-electron chi connectivity index (χ2n) is 2.93. The fourth-order valence-corrected chi connectivity index (χ4v) is 1.01. The van der Waals surface area contributed by atoms with E-state index in [1.54, 1.807) is 19.5 Å². The van der Waals surface area contributed by atoms with Gasteiger partial charge in [-0.15, -0.1) is 0 Å². The van der Waals surface area contributed by atoms with Gasteiger partial charge in [0.25, 0.3) is 0 Å². The molecule has 0 aliphatic rings. The van der Waals surface area contributed by atoms with E-state index in [1.165, 1.54) is 0 Å². The van der Waals surface area contributed by atoms with Gasteiger partial charge in [-0.05, 0) is 6.42 Å². The highest BCUT2D eigenvalue weighted by Crippen LogP contribution is 2.08. The monoisotopic (exact) mass is 196 g/mol. The Morgan fingerprint density at radius 1 is 1.50 bits per heavy atom. The number of hydrogen-bond acceptors (Lipinski definition) is 5. The maximum absolute atomic E-state index is 5.54. The first-order valence-corrected chi connectivity index (χ1v) is 4.62. The minimum atomic E-state index is 0.225. The summed E-state index contributed by atoms with van der Waals surface area (Å²) in [5.74, 6) is 1.24. The molecule has 0 aliphatic carbocycles. The molecule has 78 valence electrons. The van der Waals surface area contributed by atoms with Gasteiger partial charge in [-0.1, -0.05) is 6.92 Å². The van der Waals surface area contributed by atoms with Crippen LogP contribution < -0.4 is 15.8 Å². The highest BCUT2D eigenvalue weighted by atomic mass is 16.5. The molecule has 5 nitrogen and oxygen atoms in total. The summed E-state index contributed by atoms with van der Waals surface area (Å²) in [5, 5.41) is 3.13. The van der Waals surface area contributed by atoms with Gasteiger partial charge in [0.2, 0.25) is 5.95 Å². The van der Waals surface area contributed by atoms with Gasteiger partial charge in [0, 0.05) is 12.6 Å². The number of rotatable bonds is 5. The lowest BCUT2D eigenvalue weighted by molar-refractivity contribution is 0.411. The van der Waals surface area contributed by atoms with E-state index in [2.05, 4.69) is 22.2 Å². The SMILES string of the molecule is CCC(CN)Nc1ncc(OC)cn1. The molecule has 0 aliphatic heterocycles. The first-order valence-electron chi connectivity index (χ1n) is 4.62. The Labute approximate surface area is 83.7 Å². The fourth-order valence-electron chi connectivity index (χ4n) is 1.01. The van der Waals surface area contributed by atoms with Crippen molar-refractivity contribution in [2.45, 2.75) is 19.4 Å². The first-order chi connectivity index (χ1) is 6.80. The molecule has 3 N–H and O–H groups in total. The molecule has 0 saturated carbocycles. The molecule has 14 heavy (non-hydrogen) atoms. The maximum Gasteiger partial charge on any atom is 0.223 e. The highest BCUT2D eigenvalue weighted by molar-refractivity contribution is 5.28. The van der Waals surface area contributed by atoms with Crippen LogP contribution >= 0.6 is 0 Å². The van der Waals surface area contributed by atoms with E-state index in [4.69, 9.17) is 10.5 Å². The number of hydrogen-bond donors (Lipinski definition) is 2. The van der Waals surface area contributed by atoms with Crippen molar-refractivity contribution in [2.75, 3.05) is 19.0 Å². The lowest BCUT2D eigenvalue weighted by Crippen LogP contribution is -2.28. The predicted molar refractivity (Wildman–Crippen MR) is 55.3 cm³/mol. The molecule has 0 bridgehead atoms. The summed E-state index contributed by atoms with van der Waals surface area (Å²) >= 11 is 0. The fraction of sp³-hybridized carbons (Fsp3) is 0.556. The van der Waals surface area contributed by atoms with E-state index in [9.17, 15) is 0 Å². The van der Waals surface area contributed by atoms with Crippen molar-refractivity contribution in [3.8, 4) is 5.75 Å². The van der Waals surface area contributed by atoms with Gasteiger partial charge in [0.1, 0.15) is 0 Å². The third-order valence-electron chi connectivity index (χ3n) is 1.97. The standard InChI is InChI=1S/C9H16N4O/c1-3-7(4-10)13-9-11-5-8(14-2)6-12-9/h5-7H,3-4,10H2,1-2H3,(H,11,12,13). The van der Waals surface area contributed by atoms with Gasteiger partial charge in [-0.25, -0.2) is 9.97 Å². The zero-order chi connectivity index (χ0) is 10.4. The number of nitrogens with zero attached hydrogens (tertiary/aromatic N) is 2. The van der Waals surface area contributed by atoms with E-state index in [1.807, 2.05) is 0 Å². The molecule has 1 heterocycles. The van der Waals surface area contributed by atoms with E-state index in [0.717, 1.165) is 6.42 Å². The molecular weight excluding hydrogens is 180 g/mol. The van der Waals surface area contributed by atoms with Gasteiger partial charge in [0.15, 0.2) is 5.75 Å². The quantitative estimate of drug-likeness (QED) is 0.722. The van der Waals surface area contributed by atoms with E-state index in [0.29, 0.717) is 18.2 Å². The topological polar surface area (TPSA) is 73.1 Å². The third-order valence-corrected chi connectivity index (χ3v) is 1.97. The number of ether oxygens (including phenoxy) is 1. The van der Waals surface area contributed by atoms with Crippen LogP contribution in [0.5, 0.6) is 5.75 Å². The lowest BCUT2D eigenvalue weighted by atomic mass is 10.2. The largest absolute Gasteiger partial charge is 0.494 e. The van der Waals surface area contributed by atoms with Crippen LogP contribution in [0.2, 0.25) is 0 Å². The number of nitrogens with one attached hydrogen (secondary N) is 1. The summed E-state index contributed by atoms with van der Waals surface area (Å²) in [6.07, 6.45) is 4.20. The van der Waals surface area contributed by atoms with Crippen molar-refractivity contribution in [3.05, 3.63) is 12.4 Å². The van der Waals surface area contributed by atoms with Gasteiger partial charge in [0.05, 0.1) is 19.5 Å². The van der Waals surface area contributed by atoms with Crippen molar-refractivity contribution < 1.29 is 4.74 Å². The van der Waals surface area contributed by atoms with Crippen LogP contribution in [0.15, 0.2) is 12.4 Å². The summed E-state index contributed by atoms with van der Waals surface area (Å²) in [7, 11) is 1.58. The van der Waals surface area contributed by atoms with Crippen molar-refractivity contribution in [1.82, 2.24) is 9.97 Å². The van der Waals surface area contributed by atoms with Crippen LogP contribution in [0.1, 0.15) is 13.3 Å². The van der Waals surface area contributed by atoms with Crippen LogP contribution in [0, 0.1) is 0 Å². The molecule has 0 radical (unpaired) electrons. The molecule has 1 aromatic rings. The normalized spacial score (nSPS) is 12.2. The highest BCUT2D eigenvalue weighted by Gasteiger charge is 2.04. The molecule has 0 amide bonds. The predicted octanol–water partition coefficient (Wildman–Crippen LogP) is 0.634. The molecule has 0 spiro atoms. The Balaban J connectivity index is 2.58. The summed E-state index contributed by atoms with van der Waals surface area (Å²) in [6, 6.07) is 0.225. The molecule has 5 heteroatoms. The zero-order valence-electron chi connectivity index (χ0n) is 8.53.